The minimum atomic E-state index is -0.393. The Kier molecular flexibility index (Phi) is 6.43. The Bertz CT molecular complexity index is 794. The van der Waals surface area contributed by atoms with Crippen molar-refractivity contribution in [3.63, 3.8) is 0 Å². The van der Waals surface area contributed by atoms with Crippen LogP contribution in [0.3, 0.4) is 0 Å². The van der Waals surface area contributed by atoms with Gasteiger partial charge in [-0.25, -0.2) is 0 Å². The van der Waals surface area contributed by atoms with Gasteiger partial charge in [0, 0.05) is 10.0 Å². The van der Waals surface area contributed by atoms with Crippen molar-refractivity contribution in [3.8, 4) is 0 Å². The molecule has 144 valence electrons. The first-order valence-electron chi connectivity index (χ1n) is 8.97. The zero-order valence-corrected chi connectivity index (χ0v) is 16.8. The van der Waals surface area contributed by atoms with E-state index < -0.39 is 6.10 Å². The predicted molar refractivity (Wildman–Crippen MR) is 107 cm³/mol. The van der Waals surface area contributed by atoms with Gasteiger partial charge in [0.05, 0.1) is 18.7 Å². The number of hydrogen-bond donors (Lipinski definition) is 1. The first-order chi connectivity index (χ1) is 12.9. The van der Waals surface area contributed by atoms with Gasteiger partial charge in [-0.2, -0.15) is 0 Å². The molecule has 1 unspecified atom stereocenters. The zero-order valence-electron chi connectivity index (χ0n) is 15.3. The first-order valence-corrected chi connectivity index (χ1v) is 9.72. The third-order valence-corrected chi connectivity index (χ3v) is 5.45. The fourth-order valence-electron chi connectivity index (χ4n) is 3.60. The molecule has 0 spiro atoms. The number of nitrogens with zero attached hydrogens (tertiary/aromatic N) is 1. The smallest absolute Gasteiger partial charge is 0.249 e. The van der Waals surface area contributed by atoms with Gasteiger partial charge in [0.1, 0.15) is 12.7 Å². The van der Waals surface area contributed by atoms with Crippen LogP contribution in [0.4, 0.5) is 0 Å². The number of carbonyl (C=O) groups is 1. The number of amides is 1. The monoisotopic (exact) mass is 407 g/mol. The lowest BCUT2D eigenvalue weighted by molar-refractivity contribution is -0.166. The molecule has 0 aliphatic carbocycles. The summed E-state index contributed by atoms with van der Waals surface area (Å²) in [6.45, 7) is 3.84. The second-order valence-corrected chi connectivity index (χ2v) is 7.95. The molecule has 0 bridgehead atoms. The number of aliphatic hydroxyl groups excluding tert-OH is 1. The second-order valence-electron chi connectivity index (χ2n) is 7.08. The summed E-state index contributed by atoms with van der Waals surface area (Å²) in [6.07, 6.45) is -0.393. The van der Waals surface area contributed by atoms with Crippen LogP contribution in [0.25, 0.3) is 0 Å². The molecule has 4 nitrogen and oxygen atoms in total. The minimum absolute atomic E-state index is 0.0372. The maximum atomic E-state index is 12.8. The van der Waals surface area contributed by atoms with Crippen LogP contribution in [0.15, 0.2) is 48.5 Å². The van der Waals surface area contributed by atoms with Gasteiger partial charge in [0.15, 0.2) is 0 Å². The van der Waals surface area contributed by atoms with Crippen LogP contribution in [0, 0.1) is 5.92 Å². The van der Waals surface area contributed by atoms with Gasteiger partial charge in [-0.15, -0.1) is 0 Å². The topological polar surface area (TPSA) is 49.8 Å². The molecular formula is C21H23Cl2NO3. The molecule has 1 aliphatic heterocycles. The highest BCUT2D eigenvalue weighted by Crippen LogP contribution is 2.42. The van der Waals surface area contributed by atoms with Crippen molar-refractivity contribution in [2.75, 3.05) is 13.2 Å². The van der Waals surface area contributed by atoms with Crippen LogP contribution < -0.4 is 0 Å². The summed E-state index contributed by atoms with van der Waals surface area (Å²) in [6, 6.07) is 14.2. The standard InChI is InChI=1S/C21H23Cl2NO3/c1-13(2)18(11-25)24-19(26)12-27-21(15-4-3-5-17(23)10-15)20(24)14-6-8-16(22)9-7-14/h3-10,13,18,20-21,25H,11-12H2,1-2H3/t18-,20?,21-/m1/s1. The first kappa shape index (κ1) is 20.2. The summed E-state index contributed by atoms with van der Waals surface area (Å²) >= 11 is 12.3. The van der Waals surface area contributed by atoms with Gasteiger partial charge in [-0.1, -0.05) is 61.3 Å². The van der Waals surface area contributed by atoms with E-state index in [1.165, 1.54) is 0 Å². The Balaban J connectivity index is 2.11. The van der Waals surface area contributed by atoms with Gasteiger partial charge < -0.3 is 14.7 Å². The molecule has 27 heavy (non-hydrogen) atoms. The Labute approximate surface area is 169 Å². The molecule has 1 aliphatic rings. The molecule has 0 aromatic heterocycles. The Hall–Kier alpha value is -1.59. The highest BCUT2D eigenvalue weighted by atomic mass is 35.5. The number of aliphatic hydroxyl groups is 1. The van der Waals surface area contributed by atoms with E-state index in [2.05, 4.69) is 0 Å². The van der Waals surface area contributed by atoms with Crippen molar-refractivity contribution in [2.24, 2.45) is 5.92 Å². The number of ether oxygens (including phenoxy) is 1. The molecule has 0 saturated carbocycles. The molecule has 1 heterocycles. The highest BCUT2D eigenvalue weighted by Gasteiger charge is 2.42. The molecule has 3 atom stereocenters. The SMILES string of the molecule is CC(C)[C@@H](CO)N1C(=O)CO[C@H](c2cccc(Cl)c2)C1c1ccc(Cl)cc1. The van der Waals surface area contributed by atoms with E-state index in [1.807, 2.05) is 44.2 Å². The predicted octanol–water partition coefficient (Wildman–Crippen LogP) is 4.65. The summed E-state index contributed by atoms with van der Waals surface area (Å²) in [5.74, 6) is -0.0483. The van der Waals surface area contributed by atoms with E-state index in [0.29, 0.717) is 10.0 Å². The van der Waals surface area contributed by atoms with Gasteiger partial charge in [-0.3, -0.25) is 4.79 Å². The van der Waals surface area contributed by atoms with E-state index in [1.54, 1.807) is 23.1 Å². The third-order valence-electron chi connectivity index (χ3n) is 4.96. The Morgan fingerprint density at radius 1 is 1.11 bits per heavy atom. The van der Waals surface area contributed by atoms with Crippen LogP contribution in [0.5, 0.6) is 0 Å². The normalized spacial score (nSPS) is 21.6. The molecule has 6 heteroatoms. The van der Waals surface area contributed by atoms with Gasteiger partial charge in [0.25, 0.3) is 0 Å². The molecule has 1 fully saturated rings. The fourth-order valence-corrected chi connectivity index (χ4v) is 3.92. The van der Waals surface area contributed by atoms with E-state index in [-0.39, 0.29) is 37.1 Å². The van der Waals surface area contributed by atoms with Crippen LogP contribution >= 0.6 is 23.2 Å². The van der Waals surface area contributed by atoms with Crippen molar-refractivity contribution in [1.29, 1.82) is 0 Å². The average molecular weight is 408 g/mol. The Morgan fingerprint density at radius 2 is 1.81 bits per heavy atom. The van der Waals surface area contributed by atoms with Crippen molar-refractivity contribution >= 4 is 29.1 Å². The molecule has 1 saturated heterocycles. The summed E-state index contributed by atoms with van der Waals surface area (Å²) in [5, 5.41) is 11.2. The van der Waals surface area contributed by atoms with Crippen molar-refractivity contribution in [2.45, 2.75) is 32.0 Å². The Morgan fingerprint density at radius 3 is 2.41 bits per heavy atom. The zero-order chi connectivity index (χ0) is 19.6. The van der Waals surface area contributed by atoms with E-state index in [4.69, 9.17) is 27.9 Å². The van der Waals surface area contributed by atoms with Gasteiger partial charge >= 0.3 is 0 Å². The van der Waals surface area contributed by atoms with E-state index in [0.717, 1.165) is 11.1 Å². The summed E-state index contributed by atoms with van der Waals surface area (Å²) in [4.78, 5) is 14.6. The quantitative estimate of drug-likeness (QED) is 0.784. The van der Waals surface area contributed by atoms with E-state index in [9.17, 15) is 9.90 Å². The molecule has 0 radical (unpaired) electrons. The van der Waals surface area contributed by atoms with Crippen molar-refractivity contribution < 1.29 is 14.6 Å². The largest absolute Gasteiger partial charge is 0.394 e. The summed E-state index contributed by atoms with van der Waals surface area (Å²) < 4.78 is 5.97. The molecule has 1 N–H and O–H groups in total. The molecular weight excluding hydrogens is 385 g/mol. The van der Waals surface area contributed by atoms with Gasteiger partial charge in [0.2, 0.25) is 5.91 Å². The maximum Gasteiger partial charge on any atom is 0.249 e. The average Bonchev–Trinajstić information content (AvgIpc) is 2.64. The highest BCUT2D eigenvalue weighted by molar-refractivity contribution is 6.30. The lowest BCUT2D eigenvalue weighted by Crippen LogP contribution is -2.53. The number of carbonyl (C=O) groups excluding carboxylic acids is 1. The minimum Gasteiger partial charge on any atom is -0.394 e. The second kappa shape index (κ2) is 8.61. The van der Waals surface area contributed by atoms with Crippen LogP contribution in [-0.4, -0.2) is 35.2 Å². The lowest BCUT2D eigenvalue weighted by Gasteiger charge is -2.46. The number of morpholine rings is 1. The van der Waals surface area contributed by atoms with Gasteiger partial charge in [-0.05, 0) is 41.3 Å². The molecule has 2 aromatic rings. The van der Waals surface area contributed by atoms with Crippen LogP contribution in [0.2, 0.25) is 10.0 Å². The number of rotatable bonds is 5. The lowest BCUT2D eigenvalue weighted by atomic mass is 9.89. The van der Waals surface area contributed by atoms with Crippen molar-refractivity contribution in [3.05, 3.63) is 69.7 Å². The summed E-state index contributed by atoms with van der Waals surface area (Å²) in [7, 11) is 0. The molecule has 3 rings (SSSR count). The number of hydrogen-bond acceptors (Lipinski definition) is 3. The van der Waals surface area contributed by atoms with Crippen molar-refractivity contribution in [1.82, 2.24) is 4.90 Å². The summed E-state index contributed by atoms with van der Waals surface area (Å²) in [5.41, 5.74) is 1.79. The number of halogens is 2. The van der Waals surface area contributed by atoms with Crippen LogP contribution in [0.1, 0.15) is 37.1 Å². The maximum absolute atomic E-state index is 12.8. The number of benzene rings is 2. The molecule has 2 aromatic carbocycles. The van der Waals surface area contributed by atoms with Crippen LogP contribution in [-0.2, 0) is 9.53 Å². The van der Waals surface area contributed by atoms with E-state index >= 15 is 0 Å². The third kappa shape index (κ3) is 4.30. The molecule has 1 amide bonds. The fraction of sp³-hybridized carbons (Fsp3) is 0.381.